The number of amides is 1. The van der Waals surface area contributed by atoms with Crippen molar-refractivity contribution in [1.29, 1.82) is 0 Å². The van der Waals surface area contributed by atoms with Gasteiger partial charge >= 0.3 is 0 Å². The van der Waals surface area contributed by atoms with Crippen LogP contribution in [0.5, 0.6) is 0 Å². The van der Waals surface area contributed by atoms with E-state index >= 15 is 0 Å². The van der Waals surface area contributed by atoms with Crippen molar-refractivity contribution in [2.24, 2.45) is 0 Å². The van der Waals surface area contributed by atoms with Crippen LogP contribution >= 0.6 is 0 Å². The molecule has 1 atom stereocenters. The lowest BCUT2D eigenvalue weighted by molar-refractivity contribution is -0.121. The van der Waals surface area contributed by atoms with E-state index in [4.69, 9.17) is 4.52 Å². The fraction of sp³-hybridized carbons (Fsp3) is 0.353. The zero-order chi connectivity index (χ0) is 17.6. The predicted molar refractivity (Wildman–Crippen MR) is 90.3 cm³/mol. The number of hydrogen-bond acceptors (Lipinski definition) is 6. The molecule has 0 bridgehead atoms. The molecule has 0 fully saturated rings. The lowest BCUT2D eigenvalue weighted by Crippen LogP contribution is -2.27. The van der Waals surface area contributed by atoms with Crippen LogP contribution in [0.1, 0.15) is 43.1 Å². The number of aromatic amines is 1. The van der Waals surface area contributed by atoms with E-state index in [1.165, 1.54) is 6.33 Å². The van der Waals surface area contributed by atoms with Crippen LogP contribution in [0.15, 0.2) is 35.1 Å². The van der Waals surface area contributed by atoms with Crippen molar-refractivity contribution >= 4 is 5.91 Å². The van der Waals surface area contributed by atoms with Crippen LogP contribution in [0, 0.1) is 6.92 Å². The summed E-state index contributed by atoms with van der Waals surface area (Å²) in [5.41, 5.74) is 2.05. The molecule has 3 aromatic rings. The number of nitrogens with one attached hydrogen (secondary N) is 2. The van der Waals surface area contributed by atoms with E-state index in [0.717, 1.165) is 11.1 Å². The number of nitrogens with zero attached hydrogens (tertiary/aromatic N) is 4. The Morgan fingerprint density at radius 3 is 2.96 bits per heavy atom. The number of H-pyrrole nitrogens is 1. The minimum absolute atomic E-state index is 0.0532. The largest absolute Gasteiger partial charge is 0.346 e. The van der Waals surface area contributed by atoms with E-state index < -0.39 is 0 Å². The van der Waals surface area contributed by atoms with Crippen molar-refractivity contribution in [1.82, 2.24) is 30.6 Å². The molecule has 2 aromatic heterocycles. The number of benzene rings is 1. The van der Waals surface area contributed by atoms with Crippen LogP contribution < -0.4 is 5.32 Å². The molecule has 0 saturated heterocycles. The molecule has 0 saturated carbocycles. The first-order valence-corrected chi connectivity index (χ1v) is 8.16. The minimum atomic E-state index is -0.203. The molecule has 0 aliphatic rings. The van der Waals surface area contributed by atoms with Crippen LogP contribution in [0.4, 0.5) is 0 Å². The smallest absolute Gasteiger partial charge is 0.226 e. The van der Waals surface area contributed by atoms with Crippen molar-refractivity contribution in [3.05, 3.63) is 47.9 Å². The van der Waals surface area contributed by atoms with Crippen molar-refractivity contribution in [3.63, 3.8) is 0 Å². The van der Waals surface area contributed by atoms with Gasteiger partial charge in [-0.15, -0.1) is 0 Å². The maximum absolute atomic E-state index is 12.0. The summed E-state index contributed by atoms with van der Waals surface area (Å²) in [7, 11) is 0. The van der Waals surface area contributed by atoms with E-state index in [9.17, 15) is 4.79 Å². The van der Waals surface area contributed by atoms with Gasteiger partial charge in [-0.05, 0) is 25.8 Å². The molecule has 0 spiro atoms. The van der Waals surface area contributed by atoms with E-state index in [1.807, 2.05) is 38.1 Å². The summed E-state index contributed by atoms with van der Waals surface area (Å²) in [5, 5.41) is 13.4. The normalized spacial score (nSPS) is 12.1. The zero-order valence-electron chi connectivity index (χ0n) is 14.2. The maximum Gasteiger partial charge on any atom is 0.226 e. The van der Waals surface area contributed by atoms with E-state index in [-0.39, 0.29) is 11.9 Å². The Morgan fingerprint density at radius 2 is 2.20 bits per heavy atom. The van der Waals surface area contributed by atoms with Crippen LogP contribution in [-0.2, 0) is 11.2 Å². The third kappa shape index (κ3) is 4.28. The molecule has 8 nitrogen and oxygen atoms in total. The van der Waals surface area contributed by atoms with Gasteiger partial charge < -0.3 is 9.84 Å². The minimum Gasteiger partial charge on any atom is -0.346 e. The third-order valence-corrected chi connectivity index (χ3v) is 3.87. The van der Waals surface area contributed by atoms with E-state index in [0.29, 0.717) is 36.8 Å². The molecule has 3 rings (SSSR count). The Labute approximate surface area is 145 Å². The van der Waals surface area contributed by atoms with E-state index in [1.54, 1.807) is 0 Å². The standard InChI is InChI=1S/C17H20N6O2/c1-11-6-3-4-7-13(11)17-21-15(25-23-17)9-5-8-14(24)20-12(2)16-18-10-19-22-16/h3-4,6-7,10,12H,5,8-9H2,1-2H3,(H,20,24)(H,18,19,22). The molecular formula is C17H20N6O2. The molecule has 8 heteroatoms. The number of hydrogen-bond donors (Lipinski definition) is 2. The second kappa shape index (κ2) is 7.69. The van der Waals surface area contributed by atoms with Crippen LogP contribution in [0.3, 0.4) is 0 Å². The summed E-state index contributed by atoms with van der Waals surface area (Å²) in [4.78, 5) is 20.4. The lowest BCUT2D eigenvalue weighted by Gasteiger charge is -2.10. The van der Waals surface area contributed by atoms with Gasteiger partial charge in [-0.2, -0.15) is 10.1 Å². The average molecular weight is 340 g/mol. The molecule has 25 heavy (non-hydrogen) atoms. The molecule has 130 valence electrons. The number of aromatic nitrogens is 5. The molecule has 0 aliphatic carbocycles. The summed E-state index contributed by atoms with van der Waals surface area (Å²) < 4.78 is 5.28. The Hall–Kier alpha value is -3.03. The van der Waals surface area contributed by atoms with Crippen LogP contribution in [0.2, 0.25) is 0 Å². The number of aryl methyl sites for hydroxylation is 2. The topological polar surface area (TPSA) is 110 Å². The van der Waals surface area contributed by atoms with Gasteiger partial charge in [-0.25, -0.2) is 4.98 Å². The fourth-order valence-electron chi connectivity index (χ4n) is 2.50. The van der Waals surface area contributed by atoms with Gasteiger partial charge in [-0.1, -0.05) is 29.4 Å². The Morgan fingerprint density at radius 1 is 1.36 bits per heavy atom. The second-order valence-electron chi connectivity index (χ2n) is 5.84. The first kappa shape index (κ1) is 16.8. The molecule has 2 N–H and O–H groups in total. The highest BCUT2D eigenvalue weighted by molar-refractivity contribution is 5.76. The molecule has 1 aromatic carbocycles. The number of rotatable bonds is 7. The summed E-state index contributed by atoms with van der Waals surface area (Å²) in [6.45, 7) is 3.86. The molecule has 2 heterocycles. The van der Waals surface area contributed by atoms with Gasteiger partial charge in [0.1, 0.15) is 12.2 Å². The lowest BCUT2D eigenvalue weighted by atomic mass is 10.1. The van der Waals surface area contributed by atoms with Crippen LogP contribution in [-0.4, -0.2) is 31.2 Å². The van der Waals surface area contributed by atoms with Gasteiger partial charge in [0.25, 0.3) is 0 Å². The highest BCUT2D eigenvalue weighted by Crippen LogP contribution is 2.20. The SMILES string of the molecule is Cc1ccccc1-c1noc(CCCC(=O)NC(C)c2ncn[nH]2)n1. The van der Waals surface area contributed by atoms with Crippen LogP contribution in [0.25, 0.3) is 11.4 Å². The van der Waals surface area contributed by atoms with Gasteiger partial charge in [0.15, 0.2) is 0 Å². The summed E-state index contributed by atoms with van der Waals surface area (Å²) in [6.07, 6.45) is 2.98. The monoisotopic (exact) mass is 340 g/mol. The first-order valence-electron chi connectivity index (χ1n) is 8.16. The first-order chi connectivity index (χ1) is 12.1. The summed E-state index contributed by atoms with van der Waals surface area (Å²) in [5.74, 6) is 1.70. The Balaban J connectivity index is 1.48. The molecular weight excluding hydrogens is 320 g/mol. The fourth-order valence-corrected chi connectivity index (χ4v) is 2.50. The summed E-state index contributed by atoms with van der Waals surface area (Å²) in [6, 6.07) is 7.68. The quantitative estimate of drug-likeness (QED) is 0.683. The number of carbonyl (C=O) groups excluding carboxylic acids is 1. The van der Waals surface area contributed by atoms with Crippen molar-refractivity contribution in [2.75, 3.05) is 0 Å². The number of carbonyl (C=O) groups is 1. The second-order valence-corrected chi connectivity index (χ2v) is 5.84. The van der Waals surface area contributed by atoms with E-state index in [2.05, 4.69) is 30.6 Å². The highest BCUT2D eigenvalue weighted by atomic mass is 16.5. The zero-order valence-corrected chi connectivity index (χ0v) is 14.2. The molecule has 1 amide bonds. The van der Waals surface area contributed by atoms with Crippen molar-refractivity contribution < 1.29 is 9.32 Å². The Bertz CT molecular complexity index is 827. The molecule has 0 aliphatic heterocycles. The van der Waals surface area contributed by atoms with Gasteiger partial charge in [0, 0.05) is 18.4 Å². The predicted octanol–water partition coefficient (Wildman–Crippen LogP) is 2.36. The molecule has 0 radical (unpaired) electrons. The highest BCUT2D eigenvalue weighted by Gasteiger charge is 2.13. The van der Waals surface area contributed by atoms with Crippen molar-refractivity contribution in [3.8, 4) is 11.4 Å². The average Bonchev–Trinajstić information content (AvgIpc) is 3.27. The maximum atomic E-state index is 12.0. The van der Waals surface area contributed by atoms with Crippen molar-refractivity contribution in [2.45, 2.75) is 39.2 Å². The third-order valence-electron chi connectivity index (χ3n) is 3.87. The van der Waals surface area contributed by atoms with Gasteiger partial charge in [0.2, 0.25) is 17.6 Å². The van der Waals surface area contributed by atoms with Gasteiger partial charge in [-0.3, -0.25) is 9.89 Å². The summed E-state index contributed by atoms with van der Waals surface area (Å²) >= 11 is 0. The van der Waals surface area contributed by atoms with Gasteiger partial charge in [0.05, 0.1) is 6.04 Å². The Kier molecular flexibility index (Phi) is 5.17. The molecule has 1 unspecified atom stereocenters.